The quantitative estimate of drug-likeness (QED) is 0.836. The number of fused-ring (bicyclic) bond motifs is 1. The van der Waals surface area contributed by atoms with E-state index in [1.807, 2.05) is 6.92 Å². The Morgan fingerprint density at radius 1 is 1.38 bits per heavy atom. The second kappa shape index (κ2) is 3.11. The molecule has 1 atom stereocenters. The molecule has 16 heavy (non-hydrogen) atoms. The van der Waals surface area contributed by atoms with Gasteiger partial charge in [0.15, 0.2) is 0 Å². The highest BCUT2D eigenvalue weighted by molar-refractivity contribution is 5.82. The van der Waals surface area contributed by atoms with Gasteiger partial charge in [-0.1, -0.05) is 18.2 Å². The highest BCUT2D eigenvalue weighted by Crippen LogP contribution is 2.52. The minimum Gasteiger partial charge on any atom is -0.461 e. The molecule has 1 aromatic carbocycles. The molecule has 1 aliphatic carbocycles. The van der Waals surface area contributed by atoms with Gasteiger partial charge in [-0.3, -0.25) is 0 Å². The highest BCUT2D eigenvalue weighted by atomic mass is 16.3. The Hall–Kier alpha value is -1.28. The highest BCUT2D eigenvalue weighted by Gasteiger charge is 2.48. The lowest BCUT2D eigenvalue weighted by atomic mass is 9.88. The number of hydrogen-bond acceptors (Lipinski definition) is 2. The van der Waals surface area contributed by atoms with Crippen LogP contribution < -0.4 is 5.73 Å². The summed E-state index contributed by atoms with van der Waals surface area (Å²) in [6.45, 7) is 4.09. The van der Waals surface area contributed by atoms with Crippen LogP contribution in [0.25, 0.3) is 11.0 Å². The molecule has 84 valence electrons. The molecular weight excluding hydrogens is 198 g/mol. The molecule has 1 saturated carbocycles. The molecule has 2 aromatic rings. The van der Waals surface area contributed by atoms with Crippen LogP contribution in [0.2, 0.25) is 0 Å². The van der Waals surface area contributed by atoms with E-state index in [1.54, 1.807) is 0 Å². The number of para-hydroxylation sites is 1. The fourth-order valence-corrected chi connectivity index (χ4v) is 2.69. The van der Waals surface area contributed by atoms with Crippen LogP contribution in [0.3, 0.4) is 0 Å². The summed E-state index contributed by atoms with van der Waals surface area (Å²) in [6, 6.07) is 8.67. The van der Waals surface area contributed by atoms with Gasteiger partial charge in [-0.15, -0.1) is 0 Å². The van der Waals surface area contributed by atoms with Gasteiger partial charge in [0.2, 0.25) is 0 Å². The third-order valence-corrected chi connectivity index (χ3v) is 3.86. The molecule has 2 nitrogen and oxygen atoms in total. The van der Waals surface area contributed by atoms with E-state index >= 15 is 0 Å². The van der Waals surface area contributed by atoms with E-state index in [-0.39, 0.29) is 11.5 Å². The Labute approximate surface area is 95.4 Å². The number of aryl methyl sites for hydroxylation is 1. The van der Waals surface area contributed by atoms with Crippen LogP contribution in [0.5, 0.6) is 0 Å². The summed E-state index contributed by atoms with van der Waals surface area (Å²) in [4.78, 5) is 0. The second-order valence-electron chi connectivity index (χ2n) is 5.03. The fourth-order valence-electron chi connectivity index (χ4n) is 2.69. The lowest BCUT2D eigenvalue weighted by Crippen LogP contribution is -2.31. The molecule has 1 fully saturated rings. The molecule has 0 bridgehead atoms. The maximum absolute atomic E-state index is 6.12. The maximum atomic E-state index is 6.12. The molecular formula is C14H17NO. The summed E-state index contributed by atoms with van der Waals surface area (Å²) in [5.41, 5.74) is 8.63. The first-order valence-corrected chi connectivity index (χ1v) is 5.89. The number of hydrogen-bond donors (Lipinski definition) is 1. The number of benzene rings is 1. The average molecular weight is 215 g/mol. The van der Waals surface area contributed by atoms with Crippen molar-refractivity contribution in [3.63, 3.8) is 0 Å². The molecule has 2 heteroatoms. The van der Waals surface area contributed by atoms with Crippen LogP contribution in [-0.2, 0) is 5.41 Å². The van der Waals surface area contributed by atoms with Gasteiger partial charge >= 0.3 is 0 Å². The first kappa shape index (κ1) is 9.91. The fraction of sp³-hybridized carbons (Fsp3) is 0.429. The largest absolute Gasteiger partial charge is 0.461 e. The monoisotopic (exact) mass is 215 g/mol. The lowest BCUT2D eigenvalue weighted by molar-refractivity contribution is 0.531. The number of nitrogens with two attached hydrogens (primary N) is 1. The van der Waals surface area contributed by atoms with Crippen molar-refractivity contribution in [2.45, 2.75) is 38.1 Å². The van der Waals surface area contributed by atoms with Gasteiger partial charge < -0.3 is 10.2 Å². The number of rotatable bonds is 2. The van der Waals surface area contributed by atoms with E-state index in [0.717, 1.165) is 11.3 Å². The van der Waals surface area contributed by atoms with Crippen molar-refractivity contribution in [1.29, 1.82) is 0 Å². The van der Waals surface area contributed by atoms with Gasteiger partial charge in [-0.05, 0) is 32.8 Å². The van der Waals surface area contributed by atoms with E-state index in [0.29, 0.717) is 0 Å². The van der Waals surface area contributed by atoms with Crippen LogP contribution >= 0.6 is 0 Å². The van der Waals surface area contributed by atoms with Crippen LogP contribution in [0, 0.1) is 6.92 Å². The van der Waals surface area contributed by atoms with Gasteiger partial charge in [0.1, 0.15) is 11.3 Å². The Balaban J connectivity index is 2.24. The zero-order chi connectivity index (χ0) is 11.3. The molecule has 1 unspecified atom stereocenters. The summed E-state index contributed by atoms with van der Waals surface area (Å²) in [5.74, 6) is 0.975. The first-order chi connectivity index (χ1) is 7.63. The third kappa shape index (κ3) is 1.23. The van der Waals surface area contributed by atoms with Crippen molar-refractivity contribution in [2.75, 3.05) is 0 Å². The van der Waals surface area contributed by atoms with E-state index < -0.39 is 0 Å². The zero-order valence-electron chi connectivity index (χ0n) is 9.79. The predicted octanol–water partition coefficient (Wildman–Crippen LogP) is 3.12. The predicted molar refractivity (Wildman–Crippen MR) is 65.5 cm³/mol. The first-order valence-electron chi connectivity index (χ1n) is 5.89. The van der Waals surface area contributed by atoms with E-state index in [1.165, 1.54) is 23.8 Å². The summed E-state index contributed by atoms with van der Waals surface area (Å²) in [6.07, 6.45) is 2.37. The Morgan fingerprint density at radius 2 is 2.12 bits per heavy atom. The molecule has 0 aliphatic heterocycles. The molecule has 1 aromatic heterocycles. The van der Waals surface area contributed by atoms with Crippen molar-refractivity contribution >= 4 is 11.0 Å². The van der Waals surface area contributed by atoms with Gasteiger partial charge in [0.05, 0.1) is 0 Å². The Morgan fingerprint density at radius 3 is 2.75 bits per heavy atom. The van der Waals surface area contributed by atoms with Crippen LogP contribution in [0.4, 0.5) is 0 Å². The van der Waals surface area contributed by atoms with Crippen molar-refractivity contribution in [3.8, 4) is 0 Å². The molecule has 2 N–H and O–H groups in total. The second-order valence-corrected chi connectivity index (χ2v) is 5.03. The summed E-state index contributed by atoms with van der Waals surface area (Å²) < 4.78 is 5.82. The van der Waals surface area contributed by atoms with E-state index in [4.69, 9.17) is 10.2 Å². The standard InChI is InChI=1S/C14H17NO/c1-9-8-11-4-3-5-12(13(11)16-9)14(6-7-14)10(2)15/h3-5,8,10H,6-7,15H2,1-2H3. The van der Waals surface area contributed by atoms with Gasteiger partial charge in [-0.2, -0.15) is 0 Å². The molecule has 0 amide bonds. The van der Waals surface area contributed by atoms with Crippen molar-refractivity contribution < 1.29 is 4.42 Å². The Kier molecular flexibility index (Phi) is 1.93. The minimum absolute atomic E-state index is 0.170. The van der Waals surface area contributed by atoms with Crippen LogP contribution in [0.1, 0.15) is 31.1 Å². The summed E-state index contributed by atoms with van der Waals surface area (Å²) in [5, 5.41) is 1.20. The smallest absolute Gasteiger partial charge is 0.138 e. The molecule has 1 aliphatic rings. The van der Waals surface area contributed by atoms with Crippen LogP contribution in [-0.4, -0.2) is 6.04 Å². The van der Waals surface area contributed by atoms with Crippen LogP contribution in [0.15, 0.2) is 28.7 Å². The van der Waals surface area contributed by atoms with Gasteiger partial charge in [-0.25, -0.2) is 0 Å². The van der Waals surface area contributed by atoms with Gasteiger partial charge in [0, 0.05) is 22.4 Å². The minimum atomic E-state index is 0.170. The van der Waals surface area contributed by atoms with E-state index in [2.05, 4.69) is 31.2 Å². The topological polar surface area (TPSA) is 39.2 Å². The molecule has 3 rings (SSSR count). The molecule has 1 heterocycles. The lowest BCUT2D eigenvalue weighted by Gasteiger charge is -2.20. The van der Waals surface area contributed by atoms with Crippen molar-refractivity contribution in [2.24, 2.45) is 5.73 Å². The SMILES string of the molecule is Cc1cc2cccc(C3(C(C)N)CC3)c2o1. The van der Waals surface area contributed by atoms with E-state index in [9.17, 15) is 0 Å². The average Bonchev–Trinajstić information content (AvgIpc) is 2.94. The Bertz CT molecular complexity index is 535. The number of furan rings is 1. The summed E-state index contributed by atoms with van der Waals surface area (Å²) in [7, 11) is 0. The van der Waals surface area contributed by atoms with Crippen molar-refractivity contribution in [3.05, 3.63) is 35.6 Å². The maximum Gasteiger partial charge on any atom is 0.138 e. The van der Waals surface area contributed by atoms with Gasteiger partial charge in [0.25, 0.3) is 0 Å². The third-order valence-electron chi connectivity index (χ3n) is 3.86. The summed E-state index contributed by atoms with van der Waals surface area (Å²) >= 11 is 0. The van der Waals surface area contributed by atoms with Crippen molar-refractivity contribution in [1.82, 2.24) is 0 Å². The molecule has 0 radical (unpaired) electrons. The zero-order valence-corrected chi connectivity index (χ0v) is 9.79. The molecule has 0 saturated heterocycles. The normalized spacial score (nSPS) is 19.9. The molecule has 0 spiro atoms.